The van der Waals surface area contributed by atoms with Gasteiger partial charge in [-0.2, -0.15) is 0 Å². The van der Waals surface area contributed by atoms with Crippen LogP contribution in [0.4, 0.5) is 10.5 Å². The Kier molecular flexibility index (Phi) is 2.41. The monoisotopic (exact) mass is 204 g/mol. The average Bonchev–Trinajstić information content (AvgIpc) is 2.25. The lowest BCUT2D eigenvalue weighted by Gasteiger charge is -2.30. The summed E-state index contributed by atoms with van der Waals surface area (Å²) >= 11 is 0. The molecule has 1 aromatic carbocycles. The van der Waals surface area contributed by atoms with Gasteiger partial charge < -0.3 is 0 Å². The van der Waals surface area contributed by atoms with Gasteiger partial charge in [0.1, 0.15) is 0 Å². The topological polar surface area (TPSA) is 49.4 Å². The van der Waals surface area contributed by atoms with Crippen LogP contribution in [0, 0.1) is 5.92 Å². The summed E-state index contributed by atoms with van der Waals surface area (Å²) in [4.78, 5) is 24.3. The van der Waals surface area contributed by atoms with Crippen LogP contribution in [-0.4, -0.2) is 18.5 Å². The average molecular weight is 204 g/mol. The smallest absolute Gasteiger partial charge is 0.293 e. The van der Waals surface area contributed by atoms with Crippen molar-refractivity contribution in [3.8, 4) is 0 Å². The summed E-state index contributed by atoms with van der Waals surface area (Å²) in [5.41, 5.74) is 0.814. The quantitative estimate of drug-likeness (QED) is 0.751. The fraction of sp³-hybridized carbons (Fsp3) is 0.273. The second-order valence-electron chi connectivity index (χ2n) is 3.64. The van der Waals surface area contributed by atoms with E-state index < -0.39 is 0 Å². The molecule has 1 N–H and O–H groups in total. The van der Waals surface area contributed by atoms with Gasteiger partial charge in [0, 0.05) is 12.2 Å². The first kappa shape index (κ1) is 9.71. The SMILES string of the molecule is CC1CN(c2ccccc2)C(=O)NC1=O. The highest BCUT2D eigenvalue weighted by Crippen LogP contribution is 2.18. The van der Waals surface area contributed by atoms with Crippen LogP contribution in [0.5, 0.6) is 0 Å². The lowest BCUT2D eigenvalue weighted by Crippen LogP contribution is -2.53. The van der Waals surface area contributed by atoms with Gasteiger partial charge in [0.2, 0.25) is 5.91 Å². The highest BCUT2D eigenvalue weighted by Gasteiger charge is 2.29. The van der Waals surface area contributed by atoms with Crippen LogP contribution in [-0.2, 0) is 4.79 Å². The number of imide groups is 1. The third-order valence-corrected chi connectivity index (χ3v) is 2.45. The summed E-state index contributed by atoms with van der Waals surface area (Å²) < 4.78 is 0. The second-order valence-corrected chi connectivity index (χ2v) is 3.64. The number of benzene rings is 1. The van der Waals surface area contributed by atoms with Crippen LogP contribution in [0.2, 0.25) is 0 Å². The van der Waals surface area contributed by atoms with E-state index in [1.54, 1.807) is 11.8 Å². The van der Waals surface area contributed by atoms with Crippen molar-refractivity contribution < 1.29 is 9.59 Å². The molecule has 1 aliphatic rings. The lowest BCUT2D eigenvalue weighted by atomic mass is 10.1. The summed E-state index contributed by atoms with van der Waals surface area (Å²) in [6, 6.07) is 8.97. The highest BCUT2D eigenvalue weighted by atomic mass is 16.2. The zero-order valence-corrected chi connectivity index (χ0v) is 8.43. The molecule has 1 saturated heterocycles. The van der Waals surface area contributed by atoms with E-state index >= 15 is 0 Å². The van der Waals surface area contributed by atoms with Crippen molar-refractivity contribution in [1.82, 2.24) is 5.32 Å². The minimum atomic E-state index is -0.343. The van der Waals surface area contributed by atoms with Crippen LogP contribution in [0.1, 0.15) is 6.92 Å². The molecule has 0 saturated carbocycles. The molecule has 1 atom stereocenters. The van der Waals surface area contributed by atoms with E-state index in [1.807, 2.05) is 30.3 Å². The Morgan fingerprint density at radius 2 is 1.93 bits per heavy atom. The number of nitrogens with one attached hydrogen (secondary N) is 1. The molecule has 15 heavy (non-hydrogen) atoms. The van der Waals surface area contributed by atoms with Crippen molar-refractivity contribution >= 4 is 17.6 Å². The minimum Gasteiger partial charge on any atom is -0.293 e. The Morgan fingerprint density at radius 3 is 2.60 bits per heavy atom. The minimum absolute atomic E-state index is 0.164. The molecule has 3 amide bonds. The Morgan fingerprint density at radius 1 is 1.27 bits per heavy atom. The Balaban J connectivity index is 2.23. The molecular formula is C11H12N2O2. The first-order valence-corrected chi connectivity index (χ1v) is 4.86. The van der Waals surface area contributed by atoms with Gasteiger partial charge in [-0.3, -0.25) is 15.0 Å². The Bertz CT molecular complexity index is 389. The number of carbonyl (C=O) groups excluding carboxylic acids is 2. The van der Waals surface area contributed by atoms with E-state index in [1.165, 1.54) is 0 Å². The molecule has 0 bridgehead atoms. The first-order chi connectivity index (χ1) is 7.18. The number of nitrogens with zero attached hydrogens (tertiary/aromatic N) is 1. The fourth-order valence-electron chi connectivity index (χ4n) is 1.57. The lowest BCUT2D eigenvalue weighted by molar-refractivity contribution is -0.123. The molecule has 4 heteroatoms. The van der Waals surface area contributed by atoms with E-state index in [4.69, 9.17) is 0 Å². The number of anilines is 1. The van der Waals surface area contributed by atoms with Gasteiger partial charge in [-0.15, -0.1) is 0 Å². The molecule has 2 rings (SSSR count). The van der Waals surface area contributed by atoms with Gasteiger partial charge in [-0.05, 0) is 12.1 Å². The van der Waals surface area contributed by atoms with E-state index in [2.05, 4.69) is 5.32 Å². The third-order valence-electron chi connectivity index (χ3n) is 2.45. The van der Waals surface area contributed by atoms with Crippen molar-refractivity contribution in [2.75, 3.05) is 11.4 Å². The van der Waals surface area contributed by atoms with Crippen LogP contribution < -0.4 is 10.2 Å². The summed E-state index contributed by atoms with van der Waals surface area (Å²) in [5, 5.41) is 2.33. The van der Waals surface area contributed by atoms with Crippen molar-refractivity contribution in [2.24, 2.45) is 5.92 Å². The molecule has 0 spiro atoms. The van der Waals surface area contributed by atoms with Gasteiger partial charge in [0.05, 0.1) is 5.92 Å². The number of hydrogen-bond acceptors (Lipinski definition) is 2. The maximum absolute atomic E-state index is 11.5. The molecule has 1 heterocycles. The largest absolute Gasteiger partial charge is 0.328 e. The van der Waals surface area contributed by atoms with Gasteiger partial charge in [-0.25, -0.2) is 4.79 Å². The standard InChI is InChI=1S/C11H12N2O2/c1-8-7-13(11(15)12-10(8)14)9-5-3-2-4-6-9/h2-6,8H,7H2,1H3,(H,12,14,15). The molecule has 1 unspecified atom stereocenters. The summed E-state index contributed by atoms with van der Waals surface area (Å²) in [6.45, 7) is 2.24. The molecule has 1 aromatic rings. The number of carbonyl (C=O) groups is 2. The summed E-state index contributed by atoms with van der Waals surface area (Å²) in [6.07, 6.45) is 0. The number of para-hydroxylation sites is 1. The fourth-order valence-corrected chi connectivity index (χ4v) is 1.57. The molecular weight excluding hydrogens is 192 g/mol. The van der Waals surface area contributed by atoms with Crippen LogP contribution in [0.15, 0.2) is 30.3 Å². The van der Waals surface area contributed by atoms with Gasteiger partial charge in [-0.1, -0.05) is 25.1 Å². The van der Waals surface area contributed by atoms with E-state index in [9.17, 15) is 9.59 Å². The van der Waals surface area contributed by atoms with Crippen LogP contribution in [0.25, 0.3) is 0 Å². The maximum atomic E-state index is 11.5. The summed E-state index contributed by atoms with van der Waals surface area (Å²) in [7, 11) is 0. The maximum Gasteiger partial charge on any atom is 0.328 e. The van der Waals surface area contributed by atoms with Crippen molar-refractivity contribution in [2.45, 2.75) is 6.92 Å². The van der Waals surface area contributed by atoms with Crippen molar-refractivity contribution in [3.63, 3.8) is 0 Å². The first-order valence-electron chi connectivity index (χ1n) is 4.86. The number of amides is 3. The van der Waals surface area contributed by atoms with Gasteiger partial charge in [0.25, 0.3) is 0 Å². The van der Waals surface area contributed by atoms with Gasteiger partial charge >= 0.3 is 6.03 Å². The molecule has 1 fully saturated rings. The number of urea groups is 1. The zero-order chi connectivity index (χ0) is 10.8. The molecule has 0 radical (unpaired) electrons. The van der Waals surface area contributed by atoms with E-state index in [0.717, 1.165) is 5.69 Å². The van der Waals surface area contributed by atoms with E-state index in [-0.39, 0.29) is 17.9 Å². The van der Waals surface area contributed by atoms with Crippen molar-refractivity contribution in [1.29, 1.82) is 0 Å². The highest BCUT2D eigenvalue weighted by molar-refractivity contribution is 6.06. The van der Waals surface area contributed by atoms with Crippen LogP contribution >= 0.6 is 0 Å². The molecule has 0 aromatic heterocycles. The van der Waals surface area contributed by atoms with Crippen LogP contribution in [0.3, 0.4) is 0 Å². The predicted molar refractivity (Wildman–Crippen MR) is 56.5 cm³/mol. The number of rotatable bonds is 1. The van der Waals surface area contributed by atoms with Gasteiger partial charge in [0.15, 0.2) is 0 Å². The zero-order valence-electron chi connectivity index (χ0n) is 8.43. The second kappa shape index (κ2) is 3.73. The molecule has 1 aliphatic heterocycles. The predicted octanol–water partition coefficient (Wildman–Crippen LogP) is 1.38. The summed E-state index contributed by atoms with van der Waals surface area (Å²) in [5.74, 6) is -0.366. The van der Waals surface area contributed by atoms with Crippen molar-refractivity contribution in [3.05, 3.63) is 30.3 Å². The molecule has 78 valence electrons. The number of hydrogen-bond donors (Lipinski definition) is 1. The molecule has 4 nitrogen and oxygen atoms in total. The Hall–Kier alpha value is -1.84. The van der Waals surface area contributed by atoms with E-state index in [0.29, 0.717) is 6.54 Å². The normalized spacial score (nSPS) is 21.4. The third kappa shape index (κ3) is 1.83. The molecule has 0 aliphatic carbocycles. The Labute approximate surface area is 87.9 Å².